The number of methoxy groups -OCH3 is 1. The maximum atomic E-state index is 11.4. The summed E-state index contributed by atoms with van der Waals surface area (Å²) in [5.74, 6) is 0.722. The van der Waals surface area contributed by atoms with Crippen molar-refractivity contribution in [3.8, 4) is 11.5 Å². The molecule has 17 heavy (non-hydrogen) atoms. The first kappa shape index (κ1) is 11.5. The lowest BCUT2D eigenvalue weighted by Gasteiger charge is -2.05. The lowest BCUT2D eigenvalue weighted by Crippen LogP contribution is -2.00. The van der Waals surface area contributed by atoms with Crippen LogP contribution in [0.1, 0.15) is 9.67 Å². The van der Waals surface area contributed by atoms with Gasteiger partial charge in [-0.15, -0.1) is 11.3 Å². The summed E-state index contributed by atoms with van der Waals surface area (Å²) in [6.07, 6.45) is 0. The summed E-state index contributed by atoms with van der Waals surface area (Å²) in [5, 5.41) is 1.78. The highest BCUT2D eigenvalue weighted by Gasteiger charge is 2.15. The number of nitrogen functional groups attached to an aromatic ring is 1. The quantitative estimate of drug-likeness (QED) is 0.671. The first-order valence-corrected chi connectivity index (χ1v) is 5.78. The summed E-state index contributed by atoms with van der Waals surface area (Å²) in [7, 11) is 1.34. The Morgan fingerprint density at radius 1 is 1.24 bits per heavy atom. The zero-order valence-corrected chi connectivity index (χ0v) is 9.99. The van der Waals surface area contributed by atoms with Gasteiger partial charge in [-0.1, -0.05) is 0 Å². The van der Waals surface area contributed by atoms with Crippen LogP contribution in [-0.2, 0) is 4.74 Å². The largest absolute Gasteiger partial charge is 0.465 e. The lowest BCUT2D eigenvalue weighted by molar-refractivity contribution is 0.0604. The lowest BCUT2D eigenvalue weighted by atomic mass is 10.3. The van der Waals surface area contributed by atoms with Crippen LogP contribution in [0.3, 0.4) is 0 Å². The van der Waals surface area contributed by atoms with Crippen molar-refractivity contribution in [2.45, 2.75) is 0 Å². The highest BCUT2D eigenvalue weighted by Crippen LogP contribution is 2.30. The van der Waals surface area contributed by atoms with Gasteiger partial charge in [-0.2, -0.15) is 0 Å². The van der Waals surface area contributed by atoms with Crippen molar-refractivity contribution in [1.82, 2.24) is 0 Å². The number of thiophene rings is 1. The van der Waals surface area contributed by atoms with Gasteiger partial charge < -0.3 is 15.2 Å². The van der Waals surface area contributed by atoms with Crippen LogP contribution < -0.4 is 10.5 Å². The molecular weight excluding hydrogens is 238 g/mol. The molecule has 1 heterocycles. The Hall–Kier alpha value is -2.01. The van der Waals surface area contributed by atoms with Crippen LogP contribution in [0.15, 0.2) is 35.7 Å². The van der Waals surface area contributed by atoms with Gasteiger partial charge in [0.15, 0.2) is 10.6 Å². The number of carbonyl (C=O) groups excluding carboxylic acids is 1. The number of hydrogen-bond donors (Lipinski definition) is 1. The van der Waals surface area contributed by atoms with Crippen molar-refractivity contribution in [2.75, 3.05) is 12.8 Å². The van der Waals surface area contributed by atoms with E-state index in [1.807, 2.05) is 0 Å². The number of esters is 1. The van der Waals surface area contributed by atoms with E-state index >= 15 is 0 Å². The second kappa shape index (κ2) is 4.88. The van der Waals surface area contributed by atoms with E-state index in [9.17, 15) is 4.79 Å². The topological polar surface area (TPSA) is 61.5 Å². The zero-order chi connectivity index (χ0) is 12.3. The molecule has 1 aromatic carbocycles. The highest BCUT2D eigenvalue weighted by molar-refractivity contribution is 7.12. The van der Waals surface area contributed by atoms with E-state index in [1.165, 1.54) is 18.4 Å². The molecule has 0 atom stereocenters. The summed E-state index contributed by atoms with van der Waals surface area (Å²) < 4.78 is 10.2. The van der Waals surface area contributed by atoms with Gasteiger partial charge >= 0.3 is 5.97 Å². The molecule has 88 valence electrons. The molecule has 2 aromatic rings. The Morgan fingerprint density at radius 2 is 1.94 bits per heavy atom. The minimum absolute atomic E-state index is 0.398. The van der Waals surface area contributed by atoms with Gasteiger partial charge in [0, 0.05) is 5.69 Å². The third-order valence-corrected chi connectivity index (χ3v) is 2.98. The van der Waals surface area contributed by atoms with Crippen LogP contribution in [0.25, 0.3) is 0 Å². The average molecular weight is 249 g/mol. The van der Waals surface area contributed by atoms with Gasteiger partial charge in [0.25, 0.3) is 0 Å². The minimum Gasteiger partial charge on any atom is -0.465 e. The Labute approximate surface area is 103 Å². The third-order valence-electron chi connectivity index (χ3n) is 2.11. The fraction of sp³-hybridized carbons (Fsp3) is 0.0833. The molecule has 5 heteroatoms. The van der Waals surface area contributed by atoms with Crippen molar-refractivity contribution in [1.29, 1.82) is 0 Å². The van der Waals surface area contributed by atoms with Crippen LogP contribution in [0, 0.1) is 0 Å². The van der Waals surface area contributed by atoms with Gasteiger partial charge in [-0.25, -0.2) is 4.79 Å². The predicted octanol–water partition coefficient (Wildman–Crippen LogP) is 2.91. The van der Waals surface area contributed by atoms with Crippen molar-refractivity contribution in [2.24, 2.45) is 0 Å². The van der Waals surface area contributed by atoms with E-state index in [0.29, 0.717) is 22.1 Å². The summed E-state index contributed by atoms with van der Waals surface area (Å²) in [5.41, 5.74) is 6.23. The second-order valence-electron chi connectivity index (χ2n) is 3.28. The normalized spacial score (nSPS) is 9.94. The van der Waals surface area contributed by atoms with E-state index in [-0.39, 0.29) is 0 Å². The Balaban J connectivity index is 2.21. The fourth-order valence-corrected chi connectivity index (χ4v) is 2.02. The summed E-state index contributed by atoms with van der Waals surface area (Å²) in [6, 6.07) is 8.69. The van der Waals surface area contributed by atoms with Crippen LogP contribution in [0.5, 0.6) is 11.5 Å². The molecule has 2 N–H and O–H groups in total. The highest BCUT2D eigenvalue weighted by atomic mass is 32.1. The Morgan fingerprint density at radius 3 is 2.59 bits per heavy atom. The monoisotopic (exact) mass is 249 g/mol. The molecule has 0 aliphatic heterocycles. The molecule has 1 aromatic heterocycles. The Bertz CT molecular complexity index is 519. The van der Waals surface area contributed by atoms with E-state index in [1.54, 1.807) is 35.7 Å². The molecule has 0 aliphatic rings. The fourth-order valence-electron chi connectivity index (χ4n) is 1.28. The molecule has 2 rings (SSSR count). The van der Waals surface area contributed by atoms with Crippen LogP contribution in [-0.4, -0.2) is 13.1 Å². The molecular formula is C12H11NO3S. The van der Waals surface area contributed by atoms with E-state index in [2.05, 4.69) is 4.74 Å². The number of rotatable bonds is 3. The van der Waals surface area contributed by atoms with Crippen molar-refractivity contribution >= 4 is 23.0 Å². The summed E-state index contributed by atoms with van der Waals surface area (Å²) >= 11 is 1.28. The molecule has 0 spiro atoms. The van der Waals surface area contributed by atoms with Crippen molar-refractivity contribution in [3.05, 3.63) is 40.6 Å². The van der Waals surface area contributed by atoms with Gasteiger partial charge in [0.1, 0.15) is 5.75 Å². The first-order valence-electron chi connectivity index (χ1n) is 4.90. The average Bonchev–Trinajstić information content (AvgIpc) is 2.79. The number of nitrogens with two attached hydrogens (primary N) is 1. The molecule has 0 amide bonds. The first-order chi connectivity index (χ1) is 8.20. The zero-order valence-electron chi connectivity index (χ0n) is 9.17. The summed E-state index contributed by atoms with van der Waals surface area (Å²) in [4.78, 5) is 11.9. The predicted molar refractivity (Wildman–Crippen MR) is 66.6 cm³/mol. The number of hydrogen-bond acceptors (Lipinski definition) is 5. The number of carbonyl (C=O) groups is 1. The van der Waals surface area contributed by atoms with E-state index in [4.69, 9.17) is 10.5 Å². The molecule has 0 fully saturated rings. The van der Waals surface area contributed by atoms with Gasteiger partial charge in [-0.05, 0) is 35.7 Å². The molecule has 0 saturated carbocycles. The molecule has 0 bridgehead atoms. The molecule has 0 radical (unpaired) electrons. The van der Waals surface area contributed by atoms with Crippen LogP contribution in [0.4, 0.5) is 5.69 Å². The van der Waals surface area contributed by atoms with E-state index in [0.717, 1.165) is 0 Å². The minimum atomic E-state index is -0.398. The van der Waals surface area contributed by atoms with Crippen LogP contribution >= 0.6 is 11.3 Å². The van der Waals surface area contributed by atoms with Gasteiger partial charge in [0.2, 0.25) is 0 Å². The maximum absolute atomic E-state index is 11.4. The molecule has 0 unspecified atom stereocenters. The van der Waals surface area contributed by atoms with Crippen molar-refractivity contribution < 1.29 is 14.3 Å². The number of anilines is 1. The summed E-state index contributed by atoms with van der Waals surface area (Å²) in [6.45, 7) is 0. The third kappa shape index (κ3) is 2.57. The molecule has 4 nitrogen and oxygen atoms in total. The number of benzene rings is 1. The maximum Gasteiger partial charge on any atom is 0.351 e. The number of ether oxygens (including phenoxy) is 2. The second-order valence-corrected chi connectivity index (χ2v) is 4.19. The van der Waals surface area contributed by atoms with Gasteiger partial charge in [0.05, 0.1) is 7.11 Å². The van der Waals surface area contributed by atoms with Gasteiger partial charge in [-0.3, -0.25) is 0 Å². The molecule has 0 aliphatic carbocycles. The molecule has 0 saturated heterocycles. The standard InChI is InChI=1S/C12H11NO3S/c1-15-12(14)11-10(6-7-17-11)16-9-4-2-8(13)3-5-9/h2-7H,13H2,1H3. The smallest absolute Gasteiger partial charge is 0.351 e. The SMILES string of the molecule is COC(=O)c1sccc1Oc1ccc(N)cc1. The Kier molecular flexibility index (Phi) is 3.30. The van der Waals surface area contributed by atoms with Crippen molar-refractivity contribution in [3.63, 3.8) is 0 Å². The van der Waals surface area contributed by atoms with Crippen LogP contribution in [0.2, 0.25) is 0 Å². The van der Waals surface area contributed by atoms with E-state index < -0.39 is 5.97 Å².